The van der Waals surface area contributed by atoms with E-state index in [-0.39, 0.29) is 5.95 Å². The maximum absolute atomic E-state index is 5.78. The molecule has 0 aliphatic rings. The second kappa shape index (κ2) is 5.62. The van der Waals surface area contributed by atoms with Gasteiger partial charge in [-0.25, -0.2) is 9.97 Å². The Bertz CT molecular complexity index is 1010. The van der Waals surface area contributed by atoms with E-state index in [0.717, 1.165) is 22.8 Å². The number of ether oxygens (including phenoxy) is 1. The molecule has 7 heteroatoms. The van der Waals surface area contributed by atoms with Crippen molar-refractivity contribution in [3.05, 3.63) is 55.0 Å². The van der Waals surface area contributed by atoms with Gasteiger partial charge in [-0.1, -0.05) is 6.07 Å². The van der Waals surface area contributed by atoms with E-state index in [1.807, 2.05) is 41.0 Å². The molecule has 0 aliphatic carbocycles. The molecule has 7 nitrogen and oxygen atoms in total. The number of aromatic nitrogens is 5. The third-order valence-corrected chi connectivity index (χ3v) is 3.67. The van der Waals surface area contributed by atoms with Gasteiger partial charge in [0.25, 0.3) is 0 Å². The minimum absolute atomic E-state index is 0.202. The van der Waals surface area contributed by atoms with Crippen LogP contribution >= 0.6 is 0 Å². The lowest BCUT2D eigenvalue weighted by Gasteiger charge is -2.10. The third kappa shape index (κ3) is 2.32. The number of nitrogens with zero attached hydrogens (tertiary/aromatic N) is 5. The average molecular weight is 318 g/mol. The summed E-state index contributed by atoms with van der Waals surface area (Å²) in [4.78, 5) is 17.1. The first-order valence-electron chi connectivity index (χ1n) is 7.32. The zero-order valence-corrected chi connectivity index (χ0v) is 12.9. The van der Waals surface area contributed by atoms with Crippen molar-refractivity contribution < 1.29 is 4.74 Å². The summed E-state index contributed by atoms with van der Waals surface area (Å²) in [7, 11) is 1.63. The van der Waals surface area contributed by atoms with Crippen molar-refractivity contribution in [3.63, 3.8) is 0 Å². The maximum Gasteiger partial charge on any atom is 0.222 e. The van der Waals surface area contributed by atoms with E-state index < -0.39 is 0 Å². The fraction of sp³-hybridized carbons (Fsp3) is 0.0588. The zero-order valence-electron chi connectivity index (χ0n) is 12.9. The van der Waals surface area contributed by atoms with Crippen LogP contribution in [-0.4, -0.2) is 31.6 Å². The molecular formula is C17H14N6O. The van der Waals surface area contributed by atoms with Crippen molar-refractivity contribution in [1.82, 2.24) is 24.5 Å². The summed E-state index contributed by atoms with van der Waals surface area (Å²) in [5, 5.41) is 0. The number of pyridine rings is 1. The van der Waals surface area contributed by atoms with Crippen LogP contribution in [0.25, 0.3) is 28.2 Å². The first-order chi connectivity index (χ1) is 11.8. The van der Waals surface area contributed by atoms with Gasteiger partial charge < -0.3 is 10.5 Å². The Morgan fingerprint density at radius 2 is 1.92 bits per heavy atom. The van der Waals surface area contributed by atoms with E-state index >= 15 is 0 Å². The van der Waals surface area contributed by atoms with Crippen LogP contribution in [0.3, 0.4) is 0 Å². The Morgan fingerprint density at radius 3 is 2.71 bits per heavy atom. The molecule has 0 bridgehead atoms. The van der Waals surface area contributed by atoms with Crippen LogP contribution in [0.4, 0.5) is 5.95 Å². The highest BCUT2D eigenvalue weighted by molar-refractivity contribution is 5.80. The number of nitrogens with two attached hydrogens (primary N) is 1. The van der Waals surface area contributed by atoms with Crippen molar-refractivity contribution in [1.29, 1.82) is 0 Å². The smallest absolute Gasteiger partial charge is 0.222 e. The number of hydrogen-bond acceptors (Lipinski definition) is 6. The number of nitrogen functional groups attached to an aromatic ring is 1. The summed E-state index contributed by atoms with van der Waals surface area (Å²) < 4.78 is 7.27. The standard InChI is InChI=1S/C17H14N6O/c1-24-13-4-2-3-12(9-13)23-15(11-5-7-19-8-6-11)21-14-10-20-17(18)22-16(14)23/h2-10H,1H3,(H2,18,20,22). The van der Waals surface area contributed by atoms with Crippen molar-refractivity contribution >= 4 is 17.1 Å². The highest BCUT2D eigenvalue weighted by Crippen LogP contribution is 2.28. The summed E-state index contributed by atoms with van der Waals surface area (Å²) in [6.07, 6.45) is 5.08. The molecule has 0 spiro atoms. The van der Waals surface area contributed by atoms with E-state index in [1.54, 1.807) is 25.7 Å². The summed E-state index contributed by atoms with van der Waals surface area (Å²) in [6.45, 7) is 0. The molecule has 4 aromatic rings. The van der Waals surface area contributed by atoms with Gasteiger partial charge in [-0.15, -0.1) is 0 Å². The minimum Gasteiger partial charge on any atom is -0.497 e. The topological polar surface area (TPSA) is 91.7 Å². The zero-order chi connectivity index (χ0) is 16.5. The first-order valence-corrected chi connectivity index (χ1v) is 7.32. The van der Waals surface area contributed by atoms with Gasteiger partial charge in [-0.3, -0.25) is 9.55 Å². The Balaban J connectivity index is 2.05. The minimum atomic E-state index is 0.202. The van der Waals surface area contributed by atoms with Gasteiger partial charge >= 0.3 is 0 Å². The first kappa shape index (κ1) is 14.1. The van der Waals surface area contributed by atoms with Crippen molar-refractivity contribution in [3.8, 4) is 22.8 Å². The number of hydrogen-bond donors (Lipinski definition) is 1. The van der Waals surface area contributed by atoms with E-state index in [2.05, 4.69) is 19.9 Å². The van der Waals surface area contributed by atoms with Crippen LogP contribution in [0, 0.1) is 0 Å². The van der Waals surface area contributed by atoms with Gasteiger partial charge in [0.1, 0.15) is 17.1 Å². The fourth-order valence-electron chi connectivity index (χ4n) is 2.58. The molecule has 2 N–H and O–H groups in total. The molecule has 0 amide bonds. The summed E-state index contributed by atoms with van der Waals surface area (Å²) >= 11 is 0. The number of benzene rings is 1. The number of fused-ring (bicyclic) bond motifs is 1. The lowest BCUT2D eigenvalue weighted by atomic mass is 10.2. The number of anilines is 1. The predicted molar refractivity (Wildman–Crippen MR) is 90.9 cm³/mol. The van der Waals surface area contributed by atoms with Crippen LogP contribution in [-0.2, 0) is 0 Å². The van der Waals surface area contributed by atoms with Crippen LogP contribution < -0.4 is 10.5 Å². The molecule has 0 fully saturated rings. The summed E-state index contributed by atoms with van der Waals surface area (Å²) in [5.74, 6) is 1.69. The lowest BCUT2D eigenvalue weighted by molar-refractivity contribution is 0.414. The number of rotatable bonds is 3. The second-order valence-electron chi connectivity index (χ2n) is 5.15. The van der Waals surface area contributed by atoms with Crippen LogP contribution in [0.15, 0.2) is 55.0 Å². The molecule has 1 aromatic carbocycles. The van der Waals surface area contributed by atoms with E-state index in [9.17, 15) is 0 Å². The Labute approximate surface area is 137 Å². The summed E-state index contributed by atoms with van der Waals surface area (Å²) in [6, 6.07) is 11.5. The highest BCUT2D eigenvalue weighted by atomic mass is 16.5. The van der Waals surface area contributed by atoms with Gasteiger partial charge in [-0.05, 0) is 24.3 Å². The Hall–Kier alpha value is -3.48. The van der Waals surface area contributed by atoms with E-state index in [0.29, 0.717) is 11.2 Å². The fourth-order valence-corrected chi connectivity index (χ4v) is 2.58. The number of imidazole rings is 1. The average Bonchev–Trinajstić information content (AvgIpc) is 3.01. The predicted octanol–water partition coefficient (Wildman–Crippen LogP) is 2.47. The quantitative estimate of drug-likeness (QED) is 0.624. The van der Waals surface area contributed by atoms with E-state index in [4.69, 9.17) is 10.5 Å². The largest absolute Gasteiger partial charge is 0.497 e. The molecule has 0 unspecified atom stereocenters. The Kier molecular flexibility index (Phi) is 3.31. The van der Waals surface area contributed by atoms with Gasteiger partial charge in [-0.2, -0.15) is 4.98 Å². The molecule has 0 radical (unpaired) electrons. The van der Waals surface area contributed by atoms with Crippen molar-refractivity contribution in [2.75, 3.05) is 12.8 Å². The second-order valence-corrected chi connectivity index (χ2v) is 5.15. The normalized spacial score (nSPS) is 10.9. The molecule has 4 rings (SSSR count). The molecule has 0 saturated carbocycles. The monoisotopic (exact) mass is 318 g/mol. The van der Waals surface area contributed by atoms with Gasteiger partial charge in [0.2, 0.25) is 5.95 Å². The maximum atomic E-state index is 5.78. The van der Waals surface area contributed by atoms with Gasteiger partial charge in [0, 0.05) is 24.0 Å². The van der Waals surface area contributed by atoms with Crippen molar-refractivity contribution in [2.24, 2.45) is 0 Å². The summed E-state index contributed by atoms with van der Waals surface area (Å²) in [5.41, 5.74) is 8.88. The van der Waals surface area contributed by atoms with Gasteiger partial charge in [0.05, 0.1) is 19.0 Å². The van der Waals surface area contributed by atoms with E-state index in [1.165, 1.54) is 0 Å². The molecule has 0 aliphatic heterocycles. The number of methoxy groups -OCH3 is 1. The molecule has 0 saturated heterocycles. The Morgan fingerprint density at radius 1 is 1.08 bits per heavy atom. The molecular weight excluding hydrogens is 304 g/mol. The van der Waals surface area contributed by atoms with Crippen LogP contribution in [0.5, 0.6) is 5.75 Å². The molecule has 3 aromatic heterocycles. The molecule has 24 heavy (non-hydrogen) atoms. The van der Waals surface area contributed by atoms with Crippen LogP contribution in [0.2, 0.25) is 0 Å². The van der Waals surface area contributed by atoms with Crippen molar-refractivity contribution in [2.45, 2.75) is 0 Å². The SMILES string of the molecule is COc1cccc(-n2c(-c3ccncc3)nc3cnc(N)nc32)c1. The molecule has 118 valence electrons. The highest BCUT2D eigenvalue weighted by Gasteiger charge is 2.16. The molecule has 0 atom stereocenters. The van der Waals surface area contributed by atoms with Gasteiger partial charge in [0.15, 0.2) is 5.65 Å². The third-order valence-electron chi connectivity index (χ3n) is 3.67. The lowest BCUT2D eigenvalue weighted by Crippen LogP contribution is -2.01. The van der Waals surface area contributed by atoms with Crippen LogP contribution in [0.1, 0.15) is 0 Å². The molecule has 3 heterocycles.